The Morgan fingerprint density at radius 3 is 2.50 bits per heavy atom. The van der Waals surface area contributed by atoms with Crippen molar-refractivity contribution < 1.29 is 13.7 Å². The largest absolute Gasteiger partial charge is 0.469 e. The zero-order valence-corrected chi connectivity index (χ0v) is 11.1. The van der Waals surface area contributed by atoms with Crippen LogP contribution in [0.25, 0.3) is 0 Å². The molecule has 0 saturated carbocycles. The van der Waals surface area contributed by atoms with Gasteiger partial charge in [-0.2, -0.15) is 0 Å². The molecule has 0 amide bonds. The molecule has 1 N–H and O–H groups in total. The minimum absolute atomic E-state index is 0.195. The molecule has 1 aliphatic rings. The Kier molecular flexibility index (Phi) is 4.92. The van der Waals surface area contributed by atoms with Gasteiger partial charge in [-0.3, -0.25) is 9.00 Å². The van der Waals surface area contributed by atoms with Crippen LogP contribution in [-0.2, 0) is 20.3 Å². The molecule has 0 radical (unpaired) electrons. The molecule has 0 unspecified atom stereocenters. The summed E-state index contributed by atoms with van der Waals surface area (Å²) in [5.74, 6) is 1.35. The van der Waals surface area contributed by atoms with Crippen LogP contribution >= 0.6 is 0 Å². The molecule has 16 heavy (non-hydrogen) atoms. The van der Waals surface area contributed by atoms with Gasteiger partial charge in [-0.25, -0.2) is 0 Å². The lowest BCUT2D eigenvalue weighted by Crippen LogP contribution is -2.43. The molecule has 94 valence electrons. The summed E-state index contributed by atoms with van der Waals surface area (Å²) in [6.07, 6.45) is 1.87. The average Bonchev–Trinajstić information content (AvgIpc) is 2.27. The minimum Gasteiger partial charge on any atom is -0.469 e. The summed E-state index contributed by atoms with van der Waals surface area (Å²) in [5.41, 5.74) is -0.495. The maximum absolute atomic E-state index is 11.4. The predicted octanol–water partition coefficient (Wildman–Crippen LogP) is 0.686. The number of rotatable bonds is 4. The van der Waals surface area contributed by atoms with Crippen LogP contribution in [0.2, 0.25) is 0 Å². The van der Waals surface area contributed by atoms with Crippen LogP contribution in [0.1, 0.15) is 26.7 Å². The first-order chi connectivity index (χ1) is 7.45. The highest BCUT2D eigenvalue weighted by Crippen LogP contribution is 2.17. The third-order valence-electron chi connectivity index (χ3n) is 2.96. The van der Waals surface area contributed by atoms with Crippen LogP contribution in [0.15, 0.2) is 0 Å². The second-order valence-corrected chi connectivity index (χ2v) is 6.57. The number of carbonyl (C=O) groups excluding carboxylic acids is 1. The molecule has 0 aromatic heterocycles. The van der Waals surface area contributed by atoms with Gasteiger partial charge in [-0.15, -0.1) is 0 Å². The molecule has 0 aliphatic carbocycles. The lowest BCUT2D eigenvalue weighted by molar-refractivity contribution is -0.150. The fourth-order valence-corrected chi connectivity index (χ4v) is 3.04. The first kappa shape index (κ1) is 13.6. The van der Waals surface area contributed by atoms with Gasteiger partial charge in [0.25, 0.3) is 0 Å². The first-order valence-corrected chi connectivity index (χ1v) is 7.11. The molecule has 0 aromatic rings. The topological polar surface area (TPSA) is 55.4 Å². The molecule has 0 bridgehead atoms. The highest BCUT2D eigenvalue weighted by molar-refractivity contribution is 7.85. The number of nitrogens with one attached hydrogen (secondary N) is 1. The van der Waals surface area contributed by atoms with Crippen molar-refractivity contribution in [1.82, 2.24) is 5.32 Å². The third kappa shape index (κ3) is 3.87. The molecule has 1 saturated heterocycles. The van der Waals surface area contributed by atoms with E-state index in [9.17, 15) is 9.00 Å². The Hall–Kier alpha value is -0.420. The molecule has 0 atom stereocenters. The number of ether oxygens (including phenoxy) is 1. The lowest BCUT2D eigenvalue weighted by atomic mass is 9.93. The highest BCUT2D eigenvalue weighted by Gasteiger charge is 2.29. The van der Waals surface area contributed by atoms with E-state index in [2.05, 4.69) is 5.32 Å². The fraction of sp³-hybridized carbons (Fsp3) is 0.909. The maximum atomic E-state index is 11.4. The molecule has 0 spiro atoms. The summed E-state index contributed by atoms with van der Waals surface area (Å²) >= 11 is 0. The van der Waals surface area contributed by atoms with Gasteiger partial charge in [0.2, 0.25) is 0 Å². The second-order valence-electron chi connectivity index (χ2n) is 4.88. The smallest absolute Gasteiger partial charge is 0.312 e. The standard InChI is InChI=1S/C11H21NO3S/c1-11(2,10(13)15-3)8-12-9-4-6-16(14)7-5-9/h9,12H,4-8H2,1-3H3. The van der Waals surface area contributed by atoms with Gasteiger partial charge < -0.3 is 10.1 Å². The van der Waals surface area contributed by atoms with Crippen molar-refractivity contribution in [2.75, 3.05) is 25.2 Å². The van der Waals surface area contributed by atoms with Crippen molar-refractivity contribution >= 4 is 16.8 Å². The van der Waals surface area contributed by atoms with E-state index in [4.69, 9.17) is 4.74 Å². The molecule has 4 nitrogen and oxygen atoms in total. The van der Waals surface area contributed by atoms with Crippen LogP contribution in [0.5, 0.6) is 0 Å². The molecular weight excluding hydrogens is 226 g/mol. The van der Waals surface area contributed by atoms with E-state index < -0.39 is 16.2 Å². The van der Waals surface area contributed by atoms with Crippen molar-refractivity contribution in [1.29, 1.82) is 0 Å². The number of esters is 1. The molecule has 5 heteroatoms. The monoisotopic (exact) mass is 247 g/mol. The van der Waals surface area contributed by atoms with E-state index in [0.717, 1.165) is 24.3 Å². The highest BCUT2D eigenvalue weighted by atomic mass is 32.2. The fourth-order valence-electron chi connectivity index (χ4n) is 1.75. The van der Waals surface area contributed by atoms with E-state index in [-0.39, 0.29) is 5.97 Å². The quantitative estimate of drug-likeness (QED) is 0.743. The Morgan fingerprint density at radius 2 is 2.00 bits per heavy atom. The molecule has 1 heterocycles. The van der Waals surface area contributed by atoms with Gasteiger partial charge in [0, 0.05) is 34.9 Å². The molecule has 1 aliphatic heterocycles. The number of hydrogen-bond donors (Lipinski definition) is 1. The van der Waals surface area contributed by atoms with Crippen molar-refractivity contribution in [3.05, 3.63) is 0 Å². The zero-order chi connectivity index (χ0) is 12.2. The summed E-state index contributed by atoms with van der Waals surface area (Å²) in [7, 11) is 0.783. The summed E-state index contributed by atoms with van der Waals surface area (Å²) < 4.78 is 15.9. The SMILES string of the molecule is COC(=O)C(C)(C)CNC1CCS(=O)CC1. The molecular formula is C11H21NO3S. The van der Waals surface area contributed by atoms with E-state index >= 15 is 0 Å². The van der Waals surface area contributed by atoms with E-state index in [0.29, 0.717) is 12.6 Å². The Labute approximate surface area is 99.6 Å². The van der Waals surface area contributed by atoms with Crippen LogP contribution in [0, 0.1) is 5.41 Å². The van der Waals surface area contributed by atoms with Crippen LogP contribution in [-0.4, -0.2) is 41.4 Å². The molecule has 0 aromatic carbocycles. The van der Waals surface area contributed by atoms with Gasteiger partial charge in [0.05, 0.1) is 12.5 Å². The summed E-state index contributed by atoms with van der Waals surface area (Å²) in [6, 6.07) is 0.390. The van der Waals surface area contributed by atoms with E-state index in [1.807, 2.05) is 13.8 Å². The van der Waals surface area contributed by atoms with Crippen LogP contribution in [0.4, 0.5) is 0 Å². The van der Waals surface area contributed by atoms with Gasteiger partial charge in [-0.05, 0) is 26.7 Å². The Morgan fingerprint density at radius 1 is 1.44 bits per heavy atom. The normalized spacial score (nSPS) is 26.4. The number of methoxy groups -OCH3 is 1. The number of hydrogen-bond acceptors (Lipinski definition) is 4. The summed E-state index contributed by atoms with van der Waals surface area (Å²) in [4.78, 5) is 11.4. The lowest BCUT2D eigenvalue weighted by Gasteiger charge is -2.28. The van der Waals surface area contributed by atoms with Crippen molar-refractivity contribution in [3.63, 3.8) is 0 Å². The minimum atomic E-state index is -0.628. The van der Waals surface area contributed by atoms with Gasteiger partial charge in [0.15, 0.2) is 0 Å². The average molecular weight is 247 g/mol. The van der Waals surface area contributed by atoms with Crippen molar-refractivity contribution in [3.8, 4) is 0 Å². The summed E-state index contributed by atoms with van der Waals surface area (Å²) in [6.45, 7) is 4.34. The van der Waals surface area contributed by atoms with E-state index in [1.54, 1.807) is 0 Å². The third-order valence-corrected chi connectivity index (χ3v) is 4.34. The first-order valence-electron chi connectivity index (χ1n) is 5.62. The molecule has 1 rings (SSSR count). The number of carbonyl (C=O) groups is 1. The van der Waals surface area contributed by atoms with E-state index in [1.165, 1.54) is 7.11 Å². The van der Waals surface area contributed by atoms with Crippen molar-refractivity contribution in [2.45, 2.75) is 32.7 Å². The maximum Gasteiger partial charge on any atom is 0.312 e. The van der Waals surface area contributed by atoms with Gasteiger partial charge in [0.1, 0.15) is 0 Å². The van der Waals surface area contributed by atoms with Gasteiger partial charge >= 0.3 is 5.97 Å². The summed E-state index contributed by atoms with van der Waals surface area (Å²) in [5, 5.41) is 3.36. The molecule has 1 fully saturated rings. The predicted molar refractivity (Wildman–Crippen MR) is 64.7 cm³/mol. The zero-order valence-electron chi connectivity index (χ0n) is 10.2. The Balaban J connectivity index is 2.34. The Bertz CT molecular complexity index is 268. The second kappa shape index (κ2) is 5.77. The van der Waals surface area contributed by atoms with Gasteiger partial charge in [-0.1, -0.05) is 0 Å². The van der Waals surface area contributed by atoms with Crippen LogP contribution in [0.3, 0.4) is 0 Å². The van der Waals surface area contributed by atoms with Crippen molar-refractivity contribution in [2.24, 2.45) is 5.41 Å². The van der Waals surface area contributed by atoms with Crippen LogP contribution < -0.4 is 5.32 Å².